The number of benzene rings is 4. The number of oxazole rings is 2. The molecule has 0 saturated carbocycles. The Labute approximate surface area is 241 Å². The normalized spacial score (nSPS) is 11.3. The largest absolute Gasteiger partial charge is 0.442 e. The maximum absolute atomic E-state index is 5.59. The van der Waals surface area contributed by atoms with E-state index in [0.717, 1.165) is 66.3 Å². The zero-order chi connectivity index (χ0) is 27.9. The SMILES string of the molecule is c1ccc(-c2ccc3c(-c4ccnc(-c5cnco5)c4)c4ccccc4c(-c4ccnc(-c5cnco5)c4)c3c2)cc1. The van der Waals surface area contributed by atoms with E-state index < -0.39 is 0 Å². The Bertz CT molecular complexity index is 2190. The zero-order valence-corrected chi connectivity index (χ0v) is 22.3. The highest BCUT2D eigenvalue weighted by Gasteiger charge is 2.19. The Morgan fingerprint density at radius 2 is 0.976 bits per heavy atom. The molecule has 0 aliphatic rings. The lowest BCUT2D eigenvalue weighted by molar-refractivity contribution is 0.569. The summed E-state index contributed by atoms with van der Waals surface area (Å²) in [6, 6.07) is 34.0. The Balaban J connectivity index is 1.47. The van der Waals surface area contributed by atoms with E-state index in [0.29, 0.717) is 11.5 Å². The molecular weight excluding hydrogens is 520 g/mol. The summed E-state index contributed by atoms with van der Waals surface area (Å²) in [6.07, 6.45) is 9.89. The Morgan fingerprint density at radius 1 is 0.429 bits per heavy atom. The number of hydrogen-bond donors (Lipinski definition) is 0. The standard InChI is InChI=1S/C36H22N4O2/c1-2-6-23(7-3-1)24-10-11-29-30(16-24)36(26-13-15-40-32(18-26)34-20-38-22-42-34)28-9-5-4-8-27(28)35(29)25-12-14-39-31(17-25)33-19-37-21-41-33/h1-22H. The van der Waals surface area contributed by atoms with Crippen molar-refractivity contribution in [2.24, 2.45) is 0 Å². The highest BCUT2D eigenvalue weighted by molar-refractivity contribution is 6.22. The van der Waals surface area contributed by atoms with Crippen LogP contribution in [0.5, 0.6) is 0 Å². The number of fused-ring (bicyclic) bond motifs is 2. The molecule has 8 rings (SSSR count). The Kier molecular flexibility index (Phi) is 5.67. The molecule has 0 aliphatic carbocycles. The third-order valence-corrected chi connectivity index (χ3v) is 7.60. The van der Waals surface area contributed by atoms with Gasteiger partial charge in [0.2, 0.25) is 0 Å². The topological polar surface area (TPSA) is 77.8 Å². The van der Waals surface area contributed by atoms with Gasteiger partial charge in [-0.2, -0.15) is 0 Å². The molecule has 0 saturated heterocycles. The monoisotopic (exact) mass is 542 g/mol. The smallest absolute Gasteiger partial charge is 0.181 e. The predicted molar refractivity (Wildman–Crippen MR) is 164 cm³/mol. The number of aromatic nitrogens is 4. The van der Waals surface area contributed by atoms with Crippen LogP contribution < -0.4 is 0 Å². The molecule has 8 aromatic rings. The third kappa shape index (κ3) is 4.05. The molecule has 4 aromatic heterocycles. The summed E-state index contributed by atoms with van der Waals surface area (Å²) in [5.74, 6) is 1.26. The van der Waals surface area contributed by atoms with Crippen LogP contribution in [0.15, 0.2) is 143 Å². The van der Waals surface area contributed by atoms with Gasteiger partial charge in [0.25, 0.3) is 0 Å². The van der Waals surface area contributed by atoms with Crippen LogP contribution in [0.3, 0.4) is 0 Å². The van der Waals surface area contributed by atoms with Crippen LogP contribution in [-0.4, -0.2) is 19.9 Å². The summed E-state index contributed by atoms with van der Waals surface area (Å²) < 4.78 is 11.2. The van der Waals surface area contributed by atoms with Crippen LogP contribution in [0.25, 0.3) is 77.8 Å². The first kappa shape index (κ1) is 24.0. The lowest BCUT2D eigenvalue weighted by Gasteiger charge is -2.19. The average molecular weight is 543 g/mol. The average Bonchev–Trinajstić information content (AvgIpc) is 3.80. The van der Waals surface area contributed by atoms with Crippen LogP contribution in [-0.2, 0) is 0 Å². The minimum Gasteiger partial charge on any atom is -0.442 e. The zero-order valence-electron chi connectivity index (χ0n) is 22.3. The van der Waals surface area contributed by atoms with Gasteiger partial charge in [0.15, 0.2) is 24.3 Å². The molecule has 4 heterocycles. The molecule has 0 N–H and O–H groups in total. The van der Waals surface area contributed by atoms with Crippen LogP contribution in [0, 0.1) is 0 Å². The predicted octanol–water partition coefficient (Wildman–Crippen LogP) is 9.09. The van der Waals surface area contributed by atoms with Crippen molar-refractivity contribution in [1.82, 2.24) is 19.9 Å². The lowest BCUT2D eigenvalue weighted by atomic mass is 9.85. The second-order valence-corrected chi connectivity index (χ2v) is 10.0. The first-order valence-corrected chi connectivity index (χ1v) is 13.6. The highest BCUT2D eigenvalue weighted by Crippen LogP contribution is 2.45. The fraction of sp³-hybridized carbons (Fsp3) is 0. The summed E-state index contributed by atoms with van der Waals surface area (Å²) in [4.78, 5) is 17.3. The van der Waals surface area contributed by atoms with Crippen molar-refractivity contribution < 1.29 is 8.83 Å². The second kappa shape index (κ2) is 9.94. The minimum absolute atomic E-state index is 0.629. The quantitative estimate of drug-likeness (QED) is 0.202. The molecule has 0 amide bonds. The van der Waals surface area contributed by atoms with E-state index in [2.05, 4.69) is 111 Å². The van der Waals surface area contributed by atoms with Gasteiger partial charge in [0, 0.05) is 12.4 Å². The summed E-state index contributed by atoms with van der Waals surface area (Å²) >= 11 is 0. The fourth-order valence-corrected chi connectivity index (χ4v) is 5.74. The summed E-state index contributed by atoms with van der Waals surface area (Å²) in [6.45, 7) is 0. The number of hydrogen-bond acceptors (Lipinski definition) is 6. The molecule has 0 bridgehead atoms. The van der Waals surface area contributed by atoms with Gasteiger partial charge in [-0.25, -0.2) is 9.97 Å². The van der Waals surface area contributed by atoms with E-state index in [-0.39, 0.29) is 0 Å². The molecule has 6 nitrogen and oxygen atoms in total. The molecule has 4 aromatic carbocycles. The summed E-state index contributed by atoms with van der Waals surface area (Å²) in [5, 5.41) is 4.55. The molecule has 0 spiro atoms. The number of rotatable bonds is 5. The number of nitrogens with zero attached hydrogens (tertiary/aromatic N) is 4. The van der Waals surface area contributed by atoms with E-state index in [1.54, 1.807) is 12.4 Å². The van der Waals surface area contributed by atoms with Crippen molar-refractivity contribution in [3.8, 4) is 56.3 Å². The molecule has 0 aliphatic heterocycles. The van der Waals surface area contributed by atoms with Crippen molar-refractivity contribution in [3.05, 3.63) is 135 Å². The summed E-state index contributed by atoms with van der Waals surface area (Å²) in [7, 11) is 0. The van der Waals surface area contributed by atoms with Gasteiger partial charge in [-0.15, -0.1) is 0 Å². The Hall–Kier alpha value is -5.88. The van der Waals surface area contributed by atoms with Gasteiger partial charge in [-0.3, -0.25) is 9.97 Å². The van der Waals surface area contributed by atoms with Crippen LogP contribution in [0.2, 0.25) is 0 Å². The molecule has 6 heteroatoms. The first-order valence-electron chi connectivity index (χ1n) is 13.6. The van der Waals surface area contributed by atoms with E-state index in [1.165, 1.54) is 12.8 Å². The van der Waals surface area contributed by atoms with Gasteiger partial charge >= 0.3 is 0 Å². The summed E-state index contributed by atoms with van der Waals surface area (Å²) in [5.41, 5.74) is 8.14. The minimum atomic E-state index is 0.629. The Morgan fingerprint density at radius 3 is 1.55 bits per heavy atom. The van der Waals surface area contributed by atoms with Crippen molar-refractivity contribution >= 4 is 21.5 Å². The molecule has 42 heavy (non-hydrogen) atoms. The molecule has 0 atom stereocenters. The molecule has 198 valence electrons. The van der Waals surface area contributed by atoms with E-state index in [9.17, 15) is 0 Å². The van der Waals surface area contributed by atoms with Crippen molar-refractivity contribution in [3.63, 3.8) is 0 Å². The van der Waals surface area contributed by atoms with Gasteiger partial charge in [-0.05, 0) is 85.3 Å². The van der Waals surface area contributed by atoms with Crippen molar-refractivity contribution in [2.75, 3.05) is 0 Å². The van der Waals surface area contributed by atoms with Crippen molar-refractivity contribution in [2.45, 2.75) is 0 Å². The molecular formula is C36H22N4O2. The molecule has 0 radical (unpaired) electrons. The highest BCUT2D eigenvalue weighted by atomic mass is 16.3. The van der Waals surface area contributed by atoms with Crippen LogP contribution in [0.4, 0.5) is 0 Å². The lowest BCUT2D eigenvalue weighted by Crippen LogP contribution is -1.93. The van der Waals surface area contributed by atoms with E-state index >= 15 is 0 Å². The van der Waals surface area contributed by atoms with Gasteiger partial charge in [0.05, 0.1) is 12.4 Å². The maximum atomic E-state index is 5.59. The first-order chi connectivity index (χ1) is 20.8. The third-order valence-electron chi connectivity index (χ3n) is 7.60. The number of pyridine rings is 2. The van der Waals surface area contributed by atoms with Crippen LogP contribution >= 0.6 is 0 Å². The van der Waals surface area contributed by atoms with Crippen molar-refractivity contribution in [1.29, 1.82) is 0 Å². The molecule has 0 unspecified atom stereocenters. The maximum Gasteiger partial charge on any atom is 0.181 e. The van der Waals surface area contributed by atoms with Crippen LogP contribution in [0.1, 0.15) is 0 Å². The van der Waals surface area contributed by atoms with Gasteiger partial charge < -0.3 is 8.83 Å². The van der Waals surface area contributed by atoms with Gasteiger partial charge in [0.1, 0.15) is 11.4 Å². The van der Waals surface area contributed by atoms with Gasteiger partial charge in [-0.1, -0.05) is 66.7 Å². The fourth-order valence-electron chi connectivity index (χ4n) is 5.74. The molecule has 0 fully saturated rings. The van der Waals surface area contributed by atoms with E-state index in [4.69, 9.17) is 8.83 Å². The van der Waals surface area contributed by atoms with E-state index in [1.807, 2.05) is 18.5 Å². The second-order valence-electron chi connectivity index (χ2n) is 10.0.